The molecule has 1 amide bonds. The molecule has 9 nitrogen and oxygen atoms in total. The highest BCUT2D eigenvalue weighted by molar-refractivity contribution is 5.77. The van der Waals surface area contributed by atoms with E-state index in [-0.39, 0.29) is 37.7 Å². The van der Waals surface area contributed by atoms with Crippen molar-refractivity contribution in [1.82, 2.24) is 5.32 Å². The fourth-order valence-electron chi connectivity index (χ4n) is 2.46. The summed E-state index contributed by atoms with van der Waals surface area (Å²) in [6.07, 6.45) is 1.67. The Kier molecular flexibility index (Phi) is 16.0. The van der Waals surface area contributed by atoms with E-state index in [2.05, 4.69) is 31.3 Å². The molecule has 0 bridgehead atoms. The molecule has 0 saturated carbocycles. The number of nitrogens with one attached hydrogen (secondary N) is 1. The molecule has 0 aliphatic carbocycles. The number of aliphatic hydroxyl groups is 3. The van der Waals surface area contributed by atoms with Gasteiger partial charge in [-0.15, -0.1) is 0 Å². The Labute approximate surface area is 209 Å². The molecule has 1 aliphatic heterocycles. The zero-order chi connectivity index (χ0) is 27.0. The minimum atomic E-state index is -0.975. The lowest BCUT2D eigenvalue weighted by Crippen LogP contribution is -2.30. The highest BCUT2D eigenvalue weighted by Gasteiger charge is 2.27. The van der Waals surface area contributed by atoms with Crippen LogP contribution in [0.4, 0.5) is 0 Å². The molecule has 0 saturated heterocycles. The minimum Gasteiger partial charge on any atom is -0.462 e. The van der Waals surface area contributed by atoms with Crippen LogP contribution in [0.1, 0.15) is 79.2 Å². The van der Waals surface area contributed by atoms with E-state index in [0.29, 0.717) is 19.1 Å². The third-order valence-corrected chi connectivity index (χ3v) is 5.95. The third kappa shape index (κ3) is 12.2. The summed E-state index contributed by atoms with van der Waals surface area (Å²) in [6, 6.07) is 6.18. The number of ether oxygens (including phenoxy) is 3. The van der Waals surface area contributed by atoms with Gasteiger partial charge in [0.1, 0.15) is 19.4 Å². The van der Waals surface area contributed by atoms with Gasteiger partial charge in [-0.1, -0.05) is 40.7 Å². The maximum absolute atomic E-state index is 11.3. The summed E-state index contributed by atoms with van der Waals surface area (Å²) < 4.78 is 15.4. The van der Waals surface area contributed by atoms with Gasteiger partial charge in [0.15, 0.2) is 11.5 Å². The van der Waals surface area contributed by atoms with Gasteiger partial charge in [0.2, 0.25) is 12.7 Å². The quantitative estimate of drug-likeness (QED) is 0.284. The van der Waals surface area contributed by atoms with Crippen molar-refractivity contribution in [1.29, 1.82) is 0 Å². The Morgan fingerprint density at radius 2 is 1.71 bits per heavy atom. The van der Waals surface area contributed by atoms with Crippen LogP contribution in [-0.4, -0.2) is 60.0 Å². The molecule has 0 spiro atoms. The van der Waals surface area contributed by atoms with E-state index < -0.39 is 11.5 Å². The van der Waals surface area contributed by atoms with Gasteiger partial charge in [0, 0.05) is 5.92 Å². The molecule has 3 atom stereocenters. The van der Waals surface area contributed by atoms with Crippen LogP contribution < -0.4 is 14.8 Å². The maximum atomic E-state index is 11.3. The molecule has 0 radical (unpaired) electrons. The molecule has 3 unspecified atom stereocenters. The van der Waals surface area contributed by atoms with Gasteiger partial charge in [-0.05, 0) is 56.7 Å². The molecular weight excluding hydrogens is 454 g/mol. The summed E-state index contributed by atoms with van der Waals surface area (Å²) in [5.41, 5.74) is 0.807. The first-order chi connectivity index (χ1) is 16.5. The predicted octanol–water partition coefficient (Wildman–Crippen LogP) is 3.35. The topological polar surface area (TPSA) is 135 Å². The van der Waals surface area contributed by atoms with Crippen LogP contribution in [0.15, 0.2) is 18.2 Å². The second-order valence-electron chi connectivity index (χ2n) is 9.10. The SMILES string of the molecule is CCC(C)(C)C(=O)OCC(O)CO.CCC(C)C(=O)NCO.CCC(C)c1ccc2c(c1)OCO2. The molecule has 1 heterocycles. The van der Waals surface area contributed by atoms with Gasteiger partial charge < -0.3 is 34.8 Å². The van der Waals surface area contributed by atoms with Crippen LogP contribution in [0, 0.1) is 11.3 Å². The Bertz CT molecular complexity index is 753. The number of aliphatic hydroxyl groups excluding tert-OH is 3. The molecule has 1 aromatic carbocycles. The van der Waals surface area contributed by atoms with E-state index >= 15 is 0 Å². The first kappa shape index (κ1) is 32.6. The van der Waals surface area contributed by atoms with Gasteiger partial charge in [-0.3, -0.25) is 9.59 Å². The molecule has 4 N–H and O–H groups in total. The van der Waals surface area contributed by atoms with E-state index in [1.807, 2.05) is 26.8 Å². The molecule has 0 aromatic heterocycles. The zero-order valence-corrected chi connectivity index (χ0v) is 22.3. The number of fused-ring (bicyclic) bond motifs is 1. The maximum Gasteiger partial charge on any atom is 0.311 e. The first-order valence-electron chi connectivity index (χ1n) is 12.2. The Hall–Kier alpha value is -2.36. The van der Waals surface area contributed by atoms with Gasteiger partial charge in [0.25, 0.3) is 0 Å². The van der Waals surface area contributed by atoms with Crippen molar-refractivity contribution >= 4 is 11.9 Å². The lowest BCUT2D eigenvalue weighted by atomic mass is 9.91. The normalized spacial score (nSPS) is 14.3. The summed E-state index contributed by atoms with van der Waals surface area (Å²) in [7, 11) is 0. The highest BCUT2D eigenvalue weighted by Crippen LogP contribution is 2.35. The van der Waals surface area contributed by atoms with Gasteiger partial charge in [0.05, 0.1) is 12.0 Å². The van der Waals surface area contributed by atoms with E-state index in [0.717, 1.165) is 24.3 Å². The summed E-state index contributed by atoms with van der Waals surface area (Å²) >= 11 is 0. The number of rotatable bonds is 10. The van der Waals surface area contributed by atoms with Crippen molar-refractivity contribution in [3.05, 3.63) is 23.8 Å². The van der Waals surface area contributed by atoms with Gasteiger partial charge in [-0.2, -0.15) is 0 Å². The molecule has 1 aliphatic rings. The van der Waals surface area contributed by atoms with Crippen LogP contribution in [0.25, 0.3) is 0 Å². The Morgan fingerprint density at radius 3 is 2.23 bits per heavy atom. The fourth-order valence-corrected chi connectivity index (χ4v) is 2.46. The van der Waals surface area contributed by atoms with Crippen molar-refractivity contribution in [2.45, 2.75) is 79.8 Å². The summed E-state index contributed by atoms with van der Waals surface area (Å²) in [5, 5.41) is 27.9. The van der Waals surface area contributed by atoms with Crippen molar-refractivity contribution < 1.29 is 39.1 Å². The van der Waals surface area contributed by atoms with Crippen molar-refractivity contribution in [3.8, 4) is 11.5 Å². The van der Waals surface area contributed by atoms with Crippen molar-refractivity contribution in [2.75, 3.05) is 26.7 Å². The number of benzene rings is 1. The van der Waals surface area contributed by atoms with Crippen molar-refractivity contribution in [3.63, 3.8) is 0 Å². The number of carbonyl (C=O) groups excluding carboxylic acids is 2. The van der Waals surface area contributed by atoms with E-state index in [1.165, 1.54) is 5.56 Å². The summed E-state index contributed by atoms with van der Waals surface area (Å²) in [6.45, 7) is 13.2. The smallest absolute Gasteiger partial charge is 0.311 e. The predicted molar refractivity (Wildman–Crippen MR) is 134 cm³/mol. The zero-order valence-electron chi connectivity index (χ0n) is 22.3. The number of hydrogen-bond donors (Lipinski definition) is 4. The number of carbonyl (C=O) groups is 2. The molecule has 0 fully saturated rings. The van der Waals surface area contributed by atoms with E-state index in [4.69, 9.17) is 29.5 Å². The molecule has 35 heavy (non-hydrogen) atoms. The Morgan fingerprint density at radius 1 is 1.09 bits per heavy atom. The van der Waals surface area contributed by atoms with Crippen LogP contribution >= 0.6 is 0 Å². The van der Waals surface area contributed by atoms with E-state index in [9.17, 15) is 9.59 Å². The highest BCUT2D eigenvalue weighted by atomic mass is 16.7. The van der Waals surface area contributed by atoms with Gasteiger partial charge in [-0.25, -0.2) is 0 Å². The molecule has 9 heteroatoms. The molecule has 202 valence electrons. The monoisotopic (exact) mass is 499 g/mol. The Balaban J connectivity index is 0.000000506. The lowest BCUT2D eigenvalue weighted by molar-refractivity contribution is -0.157. The average Bonchev–Trinajstić information content (AvgIpc) is 3.34. The second kappa shape index (κ2) is 17.1. The minimum absolute atomic E-state index is 0.0112. The van der Waals surface area contributed by atoms with Crippen LogP contribution in [0.2, 0.25) is 0 Å². The summed E-state index contributed by atoms with van der Waals surface area (Å²) in [5.74, 6) is 1.93. The van der Waals surface area contributed by atoms with Crippen molar-refractivity contribution in [2.24, 2.45) is 11.3 Å². The van der Waals surface area contributed by atoms with Gasteiger partial charge >= 0.3 is 5.97 Å². The average molecular weight is 500 g/mol. The largest absolute Gasteiger partial charge is 0.462 e. The van der Waals surface area contributed by atoms with Crippen LogP contribution in [0.3, 0.4) is 0 Å². The number of hydrogen-bond acceptors (Lipinski definition) is 8. The van der Waals surface area contributed by atoms with Crippen LogP contribution in [0.5, 0.6) is 11.5 Å². The molecular formula is C26H45NO8. The number of amides is 1. The standard InChI is InChI=1S/C11H14O2.C9H18O4.C6H13NO2/c1-3-8(2)9-4-5-10-11(6-9)13-7-12-10;1-4-9(2,3)8(12)13-6-7(11)5-10;1-3-5(2)6(9)7-4-8/h4-6,8H,3,7H2,1-2H3;7,10-11H,4-6H2,1-3H3;5,8H,3-4H2,1-2H3,(H,7,9). The molecule has 1 aromatic rings. The second-order valence-corrected chi connectivity index (χ2v) is 9.10. The summed E-state index contributed by atoms with van der Waals surface area (Å²) in [4.78, 5) is 22.0. The lowest BCUT2D eigenvalue weighted by Gasteiger charge is -2.21. The fraction of sp³-hybridized carbons (Fsp3) is 0.692. The van der Waals surface area contributed by atoms with E-state index in [1.54, 1.807) is 13.8 Å². The third-order valence-electron chi connectivity index (χ3n) is 5.95. The molecule has 2 rings (SSSR count). The first-order valence-corrected chi connectivity index (χ1v) is 12.2. The van der Waals surface area contributed by atoms with Crippen LogP contribution in [-0.2, 0) is 14.3 Å². The number of esters is 1.